The summed E-state index contributed by atoms with van der Waals surface area (Å²) in [7, 11) is 0. The van der Waals surface area contributed by atoms with Crippen LogP contribution in [-0.4, -0.2) is 36.0 Å². The van der Waals surface area contributed by atoms with E-state index < -0.39 is 0 Å². The van der Waals surface area contributed by atoms with E-state index in [9.17, 15) is 4.79 Å². The van der Waals surface area contributed by atoms with Crippen LogP contribution in [0.1, 0.15) is 20.3 Å². The molecule has 0 spiro atoms. The summed E-state index contributed by atoms with van der Waals surface area (Å²) in [5.41, 5.74) is 6.80. The Hall–Kier alpha value is -4.37. The molecule has 0 radical (unpaired) electrons. The van der Waals surface area contributed by atoms with E-state index in [1.165, 1.54) is 4.88 Å². The highest BCUT2D eigenvalue weighted by Crippen LogP contribution is 2.35. The van der Waals surface area contributed by atoms with Gasteiger partial charge in [0.15, 0.2) is 5.65 Å². The lowest BCUT2D eigenvalue weighted by atomic mass is 10.1. The molecule has 0 aromatic carbocycles. The van der Waals surface area contributed by atoms with Crippen LogP contribution < -0.4 is 5.32 Å². The molecule has 1 amide bonds. The first-order valence-corrected chi connectivity index (χ1v) is 12.5. The van der Waals surface area contributed by atoms with E-state index >= 15 is 0 Å². The summed E-state index contributed by atoms with van der Waals surface area (Å²) in [5, 5.41) is 14.6. The first-order valence-electron chi connectivity index (χ1n) is 11.7. The lowest BCUT2D eigenvalue weighted by molar-refractivity contribution is -0.116. The molecule has 0 aliphatic heterocycles. The maximum absolute atomic E-state index is 12.2. The summed E-state index contributed by atoms with van der Waals surface area (Å²) in [6.07, 6.45) is 9.39. The van der Waals surface area contributed by atoms with Crippen LogP contribution in [0.5, 0.6) is 0 Å². The number of hydrogen-bond acceptors (Lipinski definition) is 6. The third-order valence-corrected chi connectivity index (χ3v) is 6.86. The number of aromatic amines is 2. The summed E-state index contributed by atoms with van der Waals surface area (Å²) < 4.78 is 0. The topological polar surface area (TPSA) is 112 Å². The summed E-state index contributed by atoms with van der Waals surface area (Å²) in [4.78, 5) is 30.2. The predicted molar refractivity (Wildman–Crippen MR) is 144 cm³/mol. The van der Waals surface area contributed by atoms with Crippen molar-refractivity contribution in [2.75, 3.05) is 5.32 Å². The molecule has 9 heteroatoms. The number of aromatic nitrogens is 6. The Bertz CT molecular complexity index is 1700. The lowest BCUT2D eigenvalue weighted by Crippen LogP contribution is -2.13. The number of carbonyl (C=O) groups excluding carboxylic acids is 1. The number of anilines is 1. The van der Waals surface area contributed by atoms with Gasteiger partial charge < -0.3 is 10.3 Å². The van der Waals surface area contributed by atoms with Crippen molar-refractivity contribution in [3.05, 3.63) is 66.7 Å². The van der Waals surface area contributed by atoms with Crippen molar-refractivity contribution in [2.45, 2.75) is 20.3 Å². The van der Waals surface area contributed by atoms with Gasteiger partial charge in [0.05, 0.1) is 29.3 Å². The van der Waals surface area contributed by atoms with E-state index in [0.29, 0.717) is 17.8 Å². The maximum atomic E-state index is 12.2. The molecule has 6 heterocycles. The molecule has 0 aliphatic carbocycles. The Labute approximate surface area is 210 Å². The second kappa shape index (κ2) is 9.01. The molecule has 0 saturated heterocycles. The van der Waals surface area contributed by atoms with Crippen molar-refractivity contribution in [1.29, 1.82) is 0 Å². The van der Waals surface area contributed by atoms with Crippen molar-refractivity contribution < 1.29 is 4.79 Å². The van der Waals surface area contributed by atoms with Crippen molar-refractivity contribution >= 4 is 44.9 Å². The van der Waals surface area contributed by atoms with E-state index in [-0.39, 0.29) is 11.8 Å². The third-order valence-electron chi connectivity index (χ3n) is 5.95. The first kappa shape index (κ1) is 22.1. The minimum atomic E-state index is -0.0233. The van der Waals surface area contributed by atoms with Gasteiger partial charge in [0.2, 0.25) is 5.91 Å². The van der Waals surface area contributed by atoms with Crippen molar-refractivity contribution in [1.82, 2.24) is 30.1 Å². The molecule has 178 valence electrons. The molecule has 0 aliphatic rings. The van der Waals surface area contributed by atoms with Gasteiger partial charge in [0.1, 0.15) is 5.69 Å². The average molecular weight is 494 g/mol. The molecule has 6 aromatic heterocycles. The molecule has 0 bridgehead atoms. The number of H-pyrrole nitrogens is 2. The van der Waals surface area contributed by atoms with Crippen LogP contribution in [0.4, 0.5) is 5.69 Å². The zero-order chi connectivity index (χ0) is 24.6. The van der Waals surface area contributed by atoms with Gasteiger partial charge in [-0.05, 0) is 35.6 Å². The number of pyridine rings is 3. The fourth-order valence-corrected chi connectivity index (χ4v) is 5.07. The molecule has 6 rings (SSSR count). The fraction of sp³-hybridized carbons (Fsp3) is 0.148. The van der Waals surface area contributed by atoms with Gasteiger partial charge in [0.25, 0.3) is 0 Å². The monoisotopic (exact) mass is 493 g/mol. The average Bonchev–Trinajstić information content (AvgIpc) is 3.62. The Kier molecular flexibility index (Phi) is 5.54. The summed E-state index contributed by atoms with van der Waals surface area (Å²) in [6.45, 7) is 4.04. The van der Waals surface area contributed by atoms with Gasteiger partial charge in [-0.1, -0.05) is 19.9 Å². The van der Waals surface area contributed by atoms with Gasteiger partial charge in [-0.3, -0.25) is 19.9 Å². The predicted octanol–water partition coefficient (Wildman–Crippen LogP) is 6.28. The molecule has 36 heavy (non-hydrogen) atoms. The molecule has 0 fully saturated rings. The van der Waals surface area contributed by atoms with Crippen LogP contribution in [-0.2, 0) is 4.79 Å². The Morgan fingerprint density at radius 2 is 1.89 bits per heavy atom. The van der Waals surface area contributed by atoms with Gasteiger partial charge in [0, 0.05) is 57.4 Å². The number of fused-ring (bicyclic) bond motifs is 2. The SMILES string of the molecule is CC(C)CC(=O)Nc1cncc(-c2cnc3[nH]nc(-c4cc5c(-c6cccs6)cncc5[nH]4)c3c2)c1. The normalized spacial score (nSPS) is 11.5. The third kappa shape index (κ3) is 4.14. The smallest absolute Gasteiger partial charge is 0.224 e. The van der Waals surface area contributed by atoms with Crippen molar-refractivity contribution in [3.63, 3.8) is 0 Å². The van der Waals surface area contributed by atoms with Crippen LogP contribution >= 0.6 is 11.3 Å². The number of nitrogens with zero attached hydrogens (tertiary/aromatic N) is 4. The lowest BCUT2D eigenvalue weighted by Gasteiger charge is -2.08. The quantitative estimate of drug-likeness (QED) is 0.253. The molecular formula is C27H23N7OS. The van der Waals surface area contributed by atoms with Crippen LogP contribution in [0.15, 0.2) is 66.7 Å². The number of thiophene rings is 1. The molecule has 0 saturated carbocycles. The highest BCUT2D eigenvalue weighted by atomic mass is 32.1. The first-order chi connectivity index (χ1) is 17.5. The van der Waals surface area contributed by atoms with Gasteiger partial charge in [-0.2, -0.15) is 5.10 Å². The standard InChI is InChI=1S/C27H23N7OS/c1-15(2)6-25(35)31-18-7-16(10-28-12-18)17-8-20-26(33-34-27(20)30-11-17)22-9-19-21(24-4-3-5-36-24)13-29-14-23(19)32-22/h3-5,7-15,32H,6H2,1-2H3,(H,31,35)(H,30,33,34). The van der Waals surface area contributed by atoms with Gasteiger partial charge >= 0.3 is 0 Å². The molecule has 8 nitrogen and oxygen atoms in total. The van der Waals surface area contributed by atoms with Gasteiger partial charge in [-0.15, -0.1) is 11.3 Å². The van der Waals surface area contributed by atoms with Crippen LogP contribution in [0, 0.1) is 5.92 Å². The molecule has 0 unspecified atom stereocenters. The number of rotatable bonds is 6. The second-order valence-corrected chi connectivity index (χ2v) is 10.1. The molecule has 6 aromatic rings. The zero-order valence-corrected chi connectivity index (χ0v) is 20.6. The van der Waals surface area contributed by atoms with Crippen LogP contribution in [0.25, 0.3) is 54.9 Å². The molecular weight excluding hydrogens is 470 g/mol. The Balaban J connectivity index is 1.38. The Morgan fingerprint density at radius 3 is 2.72 bits per heavy atom. The van der Waals surface area contributed by atoms with Crippen LogP contribution in [0.3, 0.4) is 0 Å². The molecule has 0 atom stereocenters. The molecule has 3 N–H and O–H groups in total. The summed E-state index contributed by atoms with van der Waals surface area (Å²) >= 11 is 1.69. The highest BCUT2D eigenvalue weighted by Gasteiger charge is 2.16. The number of nitrogens with one attached hydrogen (secondary N) is 3. The Morgan fingerprint density at radius 1 is 1.03 bits per heavy atom. The number of carbonyl (C=O) groups is 1. The highest BCUT2D eigenvalue weighted by molar-refractivity contribution is 7.13. The van der Waals surface area contributed by atoms with E-state index in [4.69, 9.17) is 0 Å². The fourth-order valence-electron chi connectivity index (χ4n) is 4.32. The minimum absolute atomic E-state index is 0.0233. The van der Waals surface area contributed by atoms with Crippen molar-refractivity contribution in [3.8, 4) is 33.0 Å². The van der Waals surface area contributed by atoms with Crippen molar-refractivity contribution in [2.24, 2.45) is 5.92 Å². The number of amides is 1. The number of hydrogen-bond donors (Lipinski definition) is 3. The van der Waals surface area contributed by atoms with E-state index in [1.54, 1.807) is 29.9 Å². The minimum Gasteiger partial charge on any atom is -0.352 e. The second-order valence-electron chi connectivity index (χ2n) is 9.11. The van der Waals surface area contributed by atoms with E-state index in [0.717, 1.165) is 44.4 Å². The zero-order valence-electron chi connectivity index (χ0n) is 19.7. The van der Waals surface area contributed by atoms with Crippen LogP contribution in [0.2, 0.25) is 0 Å². The van der Waals surface area contributed by atoms with E-state index in [1.807, 2.05) is 44.4 Å². The summed E-state index contributed by atoms with van der Waals surface area (Å²) in [5.74, 6) is 0.263. The van der Waals surface area contributed by atoms with E-state index in [2.05, 4.69) is 53.0 Å². The van der Waals surface area contributed by atoms with Gasteiger partial charge in [-0.25, -0.2) is 4.98 Å². The maximum Gasteiger partial charge on any atom is 0.224 e. The summed E-state index contributed by atoms with van der Waals surface area (Å²) in [6, 6.07) is 10.2. The largest absolute Gasteiger partial charge is 0.352 e.